The van der Waals surface area contributed by atoms with E-state index in [1.807, 2.05) is 0 Å². The lowest BCUT2D eigenvalue weighted by molar-refractivity contribution is -0.276. The standard InChI is InChI=1S/C22H13F8N3O5/c1-9-12(2-4-14(17(9)23)37-21(25,26)27)36-13-3-5-15(38-22(28,29)30)18(24)16(13)20(35)33-10-6-7-32-11(8-10)19(31)34/h2-8H,1H3,(H2,31,34)(H,32,33,35). The van der Waals surface area contributed by atoms with E-state index < -0.39 is 70.3 Å². The van der Waals surface area contributed by atoms with Gasteiger partial charge in [-0.05, 0) is 43.3 Å². The molecule has 1 heterocycles. The molecular weight excluding hydrogens is 538 g/mol. The molecule has 0 aliphatic heterocycles. The van der Waals surface area contributed by atoms with Crippen molar-refractivity contribution in [1.82, 2.24) is 4.98 Å². The van der Waals surface area contributed by atoms with Gasteiger partial charge in [-0.1, -0.05) is 0 Å². The highest BCUT2D eigenvalue weighted by Gasteiger charge is 2.35. The third-order valence-electron chi connectivity index (χ3n) is 4.54. The molecule has 0 saturated heterocycles. The van der Waals surface area contributed by atoms with Crippen molar-refractivity contribution in [1.29, 1.82) is 0 Å². The molecule has 0 aliphatic carbocycles. The minimum absolute atomic E-state index is 0.179. The third-order valence-corrected chi connectivity index (χ3v) is 4.54. The number of carbonyl (C=O) groups excluding carboxylic acids is 2. The minimum Gasteiger partial charge on any atom is -0.456 e. The lowest BCUT2D eigenvalue weighted by Crippen LogP contribution is -2.21. The fourth-order valence-corrected chi connectivity index (χ4v) is 2.95. The summed E-state index contributed by atoms with van der Waals surface area (Å²) in [5, 5.41) is 2.11. The second-order valence-electron chi connectivity index (χ2n) is 7.20. The third kappa shape index (κ3) is 6.77. The van der Waals surface area contributed by atoms with Crippen LogP contribution in [0.1, 0.15) is 26.4 Å². The lowest BCUT2D eigenvalue weighted by Gasteiger charge is -2.18. The zero-order valence-corrected chi connectivity index (χ0v) is 18.6. The van der Waals surface area contributed by atoms with Gasteiger partial charge in [0.25, 0.3) is 11.8 Å². The summed E-state index contributed by atoms with van der Waals surface area (Å²) in [6, 6.07) is 4.58. The number of halogens is 8. The number of carbonyl (C=O) groups is 2. The van der Waals surface area contributed by atoms with Crippen LogP contribution in [0.5, 0.6) is 23.0 Å². The molecule has 0 radical (unpaired) electrons. The number of hydrogen-bond acceptors (Lipinski definition) is 6. The maximum Gasteiger partial charge on any atom is 0.573 e. The molecule has 38 heavy (non-hydrogen) atoms. The van der Waals surface area contributed by atoms with E-state index in [1.165, 1.54) is 0 Å². The van der Waals surface area contributed by atoms with E-state index in [2.05, 4.69) is 19.8 Å². The summed E-state index contributed by atoms with van der Waals surface area (Å²) in [5.74, 6) is -9.73. The lowest BCUT2D eigenvalue weighted by atomic mass is 10.1. The predicted octanol–water partition coefficient (Wildman–Crippen LogP) is 5.61. The van der Waals surface area contributed by atoms with Crippen molar-refractivity contribution in [2.45, 2.75) is 19.6 Å². The maximum atomic E-state index is 15.1. The summed E-state index contributed by atoms with van der Waals surface area (Å²) in [6.07, 6.45) is -9.53. The van der Waals surface area contributed by atoms with Crippen LogP contribution in [-0.2, 0) is 0 Å². The topological polar surface area (TPSA) is 113 Å². The first-order chi connectivity index (χ1) is 17.6. The summed E-state index contributed by atoms with van der Waals surface area (Å²) in [5.41, 5.74) is 2.85. The van der Waals surface area contributed by atoms with Crippen molar-refractivity contribution in [2.24, 2.45) is 5.73 Å². The Hall–Kier alpha value is -4.63. The summed E-state index contributed by atoms with van der Waals surface area (Å²) < 4.78 is 117. The van der Waals surface area contributed by atoms with Gasteiger partial charge in [-0.2, -0.15) is 0 Å². The van der Waals surface area contributed by atoms with Crippen LogP contribution in [0.3, 0.4) is 0 Å². The van der Waals surface area contributed by atoms with Crippen molar-refractivity contribution in [3.63, 3.8) is 0 Å². The number of primary amides is 1. The largest absolute Gasteiger partial charge is 0.573 e. The first-order valence-corrected chi connectivity index (χ1v) is 9.94. The van der Waals surface area contributed by atoms with Crippen LogP contribution < -0.4 is 25.3 Å². The SMILES string of the molecule is Cc1c(Oc2ccc(OC(F)(F)F)c(F)c2C(=O)Nc2ccnc(C(N)=O)c2)ccc(OC(F)(F)F)c1F. The van der Waals surface area contributed by atoms with Gasteiger partial charge >= 0.3 is 12.7 Å². The Morgan fingerprint density at radius 1 is 0.842 bits per heavy atom. The fraction of sp³-hybridized carbons (Fsp3) is 0.136. The number of ether oxygens (including phenoxy) is 3. The number of aromatic nitrogens is 1. The summed E-state index contributed by atoms with van der Waals surface area (Å²) in [6.45, 7) is 0.966. The van der Waals surface area contributed by atoms with Gasteiger partial charge in [0.15, 0.2) is 23.1 Å². The van der Waals surface area contributed by atoms with E-state index >= 15 is 4.39 Å². The van der Waals surface area contributed by atoms with E-state index in [0.29, 0.717) is 18.2 Å². The highest BCUT2D eigenvalue weighted by Crippen LogP contribution is 2.38. The fourth-order valence-electron chi connectivity index (χ4n) is 2.95. The van der Waals surface area contributed by atoms with E-state index in [4.69, 9.17) is 10.5 Å². The molecule has 0 unspecified atom stereocenters. The molecule has 0 aliphatic rings. The van der Waals surface area contributed by atoms with Gasteiger partial charge in [-0.25, -0.2) is 8.78 Å². The number of benzene rings is 2. The molecule has 202 valence electrons. The molecule has 0 bridgehead atoms. The molecule has 0 spiro atoms. The van der Waals surface area contributed by atoms with Crippen LogP contribution in [0.4, 0.5) is 40.8 Å². The quantitative estimate of drug-likeness (QED) is 0.370. The molecule has 16 heteroatoms. The van der Waals surface area contributed by atoms with Crippen LogP contribution in [0.25, 0.3) is 0 Å². The van der Waals surface area contributed by atoms with Gasteiger partial charge in [0.1, 0.15) is 22.8 Å². The second-order valence-corrected chi connectivity index (χ2v) is 7.20. The molecule has 2 amide bonds. The molecule has 3 rings (SSSR count). The zero-order valence-electron chi connectivity index (χ0n) is 18.6. The second kappa shape index (κ2) is 10.4. The molecular formula is C22H13F8N3O5. The number of alkyl halides is 6. The Morgan fingerprint density at radius 3 is 1.92 bits per heavy atom. The van der Waals surface area contributed by atoms with Gasteiger partial charge in [0, 0.05) is 17.4 Å². The number of hydrogen-bond donors (Lipinski definition) is 2. The first kappa shape index (κ1) is 27.9. The van der Waals surface area contributed by atoms with Gasteiger partial charge in [-0.3, -0.25) is 14.6 Å². The Balaban J connectivity index is 2.05. The van der Waals surface area contributed by atoms with Crippen molar-refractivity contribution in [3.05, 3.63) is 71.1 Å². The number of nitrogens with zero attached hydrogens (tertiary/aromatic N) is 1. The number of pyridine rings is 1. The number of rotatable bonds is 7. The molecule has 0 fully saturated rings. The monoisotopic (exact) mass is 551 g/mol. The predicted molar refractivity (Wildman–Crippen MR) is 112 cm³/mol. The van der Waals surface area contributed by atoms with Crippen LogP contribution >= 0.6 is 0 Å². The minimum atomic E-state index is -5.35. The van der Waals surface area contributed by atoms with Crippen LogP contribution in [0, 0.1) is 18.6 Å². The molecule has 1 aromatic heterocycles. The number of anilines is 1. The Bertz CT molecular complexity index is 1390. The van der Waals surface area contributed by atoms with Crippen LogP contribution in [0.2, 0.25) is 0 Å². The van der Waals surface area contributed by atoms with E-state index in [1.54, 1.807) is 0 Å². The van der Waals surface area contributed by atoms with E-state index in [9.17, 15) is 40.3 Å². The van der Waals surface area contributed by atoms with Crippen molar-refractivity contribution >= 4 is 17.5 Å². The Labute approximate surface area is 206 Å². The van der Waals surface area contributed by atoms with E-state index in [0.717, 1.165) is 31.3 Å². The van der Waals surface area contributed by atoms with Crippen molar-refractivity contribution in [2.75, 3.05) is 5.32 Å². The smallest absolute Gasteiger partial charge is 0.456 e. The number of nitrogens with one attached hydrogen (secondary N) is 1. The Morgan fingerprint density at radius 2 is 1.37 bits per heavy atom. The number of nitrogens with two attached hydrogens (primary N) is 1. The molecule has 8 nitrogen and oxygen atoms in total. The summed E-state index contributed by atoms with van der Waals surface area (Å²) in [4.78, 5) is 27.8. The van der Waals surface area contributed by atoms with Gasteiger partial charge < -0.3 is 25.3 Å². The average molecular weight is 551 g/mol. The summed E-state index contributed by atoms with van der Waals surface area (Å²) >= 11 is 0. The molecule has 3 aromatic rings. The van der Waals surface area contributed by atoms with Gasteiger partial charge in [0.05, 0.1) is 0 Å². The Kier molecular flexibility index (Phi) is 7.64. The van der Waals surface area contributed by atoms with Crippen LogP contribution in [-0.4, -0.2) is 29.5 Å². The molecule has 2 aromatic carbocycles. The van der Waals surface area contributed by atoms with Crippen LogP contribution in [0.15, 0.2) is 42.6 Å². The van der Waals surface area contributed by atoms with Crippen molar-refractivity contribution < 1.29 is 58.9 Å². The van der Waals surface area contributed by atoms with Gasteiger partial charge in [0.2, 0.25) is 0 Å². The van der Waals surface area contributed by atoms with E-state index in [-0.39, 0.29) is 11.4 Å². The summed E-state index contributed by atoms with van der Waals surface area (Å²) in [7, 11) is 0. The maximum absolute atomic E-state index is 15.1. The highest BCUT2D eigenvalue weighted by atomic mass is 19.4. The van der Waals surface area contributed by atoms with Gasteiger partial charge in [-0.15, -0.1) is 26.3 Å². The average Bonchev–Trinajstić information content (AvgIpc) is 2.79. The first-order valence-electron chi connectivity index (χ1n) is 9.94. The van der Waals surface area contributed by atoms with Crippen molar-refractivity contribution in [3.8, 4) is 23.0 Å². The molecule has 3 N–H and O–H groups in total. The highest BCUT2D eigenvalue weighted by molar-refractivity contribution is 6.07. The number of amides is 2. The zero-order chi connectivity index (χ0) is 28.4. The normalized spacial score (nSPS) is 11.6. The molecule has 0 saturated carbocycles. The molecule has 0 atom stereocenters.